The topological polar surface area (TPSA) is 66.4 Å². The van der Waals surface area contributed by atoms with Crippen LogP contribution in [0.4, 0.5) is 0 Å². The summed E-state index contributed by atoms with van der Waals surface area (Å²) in [4.78, 5) is 23.6. The minimum atomic E-state index is -0.935. The number of carbonyl (C=O) groups excluding carboxylic acids is 1. The van der Waals surface area contributed by atoms with E-state index in [1.165, 1.54) is 11.8 Å². The molecule has 5 heteroatoms. The highest BCUT2D eigenvalue weighted by Crippen LogP contribution is 2.32. The quantitative estimate of drug-likeness (QED) is 0.769. The Labute approximate surface area is 110 Å². The largest absolute Gasteiger partial charge is 0.480 e. The number of thioether (sulfide) groups is 1. The number of carboxylic acid groups (broad SMARTS) is 1. The molecule has 1 aliphatic rings. The smallest absolute Gasteiger partial charge is 0.326 e. The van der Waals surface area contributed by atoms with Gasteiger partial charge in [-0.3, -0.25) is 4.79 Å². The molecule has 0 spiro atoms. The summed E-state index contributed by atoms with van der Waals surface area (Å²) in [6, 6.07) is 8.86. The van der Waals surface area contributed by atoms with E-state index >= 15 is 0 Å². The summed E-state index contributed by atoms with van der Waals surface area (Å²) in [5, 5.41) is 11.6. The fourth-order valence-corrected chi connectivity index (χ4v) is 2.42. The number of benzene rings is 1. The SMILES string of the molecule is O=C(CSc1ccccc1)NC(C(=O)O)C1CC1. The van der Waals surface area contributed by atoms with Crippen molar-refractivity contribution >= 4 is 23.6 Å². The van der Waals surface area contributed by atoms with Crippen LogP contribution < -0.4 is 5.32 Å². The van der Waals surface area contributed by atoms with E-state index < -0.39 is 12.0 Å². The van der Waals surface area contributed by atoms with Gasteiger partial charge in [-0.15, -0.1) is 11.8 Å². The van der Waals surface area contributed by atoms with E-state index in [9.17, 15) is 9.59 Å². The van der Waals surface area contributed by atoms with Gasteiger partial charge in [0.1, 0.15) is 6.04 Å². The summed E-state index contributed by atoms with van der Waals surface area (Å²) >= 11 is 1.41. The lowest BCUT2D eigenvalue weighted by atomic mass is 10.2. The molecule has 1 aliphatic carbocycles. The summed E-state index contributed by atoms with van der Waals surface area (Å²) < 4.78 is 0. The van der Waals surface area contributed by atoms with E-state index in [1.54, 1.807) is 0 Å². The molecule has 0 bridgehead atoms. The molecule has 96 valence electrons. The molecule has 0 saturated heterocycles. The number of carbonyl (C=O) groups is 2. The Morgan fingerprint density at radius 3 is 2.56 bits per heavy atom. The van der Waals surface area contributed by atoms with E-state index in [0.29, 0.717) is 0 Å². The fourth-order valence-electron chi connectivity index (χ4n) is 1.69. The van der Waals surface area contributed by atoms with Crippen molar-refractivity contribution in [3.63, 3.8) is 0 Å². The van der Waals surface area contributed by atoms with Crippen LogP contribution in [0.3, 0.4) is 0 Å². The van der Waals surface area contributed by atoms with E-state index in [0.717, 1.165) is 17.7 Å². The summed E-state index contributed by atoms with van der Waals surface area (Å²) in [6.07, 6.45) is 1.78. The van der Waals surface area contributed by atoms with Crippen LogP contribution in [0.15, 0.2) is 35.2 Å². The molecule has 2 N–H and O–H groups in total. The van der Waals surface area contributed by atoms with Crippen LogP contribution in [0.25, 0.3) is 0 Å². The maximum absolute atomic E-state index is 11.7. The van der Waals surface area contributed by atoms with Crippen LogP contribution in [0.5, 0.6) is 0 Å². The molecule has 1 atom stereocenters. The Bertz CT molecular complexity index is 431. The van der Waals surface area contributed by atoms with Crippen molar-refractivity contribution in [2.24, 2.45) is 5.92 Å². The normalized spacial score (nSPS) is 16.0. The van der Waals surface area contributed by atoms with Gasteiger partial charge in [0.05, 0.1) is 5.75 Å². The number of hydrogen-bond donors (Lipinski definition) is 2. The Morgan fingerprint density at radius 2 is 2.00 bits per heavy atom. The molecule has 1 saturated carbocycles. The number of nitrogens with one attached hydrogen (secondary N) is 1. The third kappa shape index (κ3) is 3.77. The minimum absolute atomic E-state index is 0.119. The van der Waals surface area contributed by atoms with Crippen molar-refractivity contribution in [3.05, 3.63) is 30.3 Å². The summed E-state index contributed by atoms with van der Waals surface area (Å²) in [6.45, 7) is 0. The first-order valence-electron chi connectivity index (χ1n) is 5.87. The van der Waals surface area contributed by atoms with Crippen molar-refractivity contribution in [3.8, 4) is 0 Å². The molecule has 1 aromatic carbocycles. The molecule has 18 heavy (non-hydrogen) atoms. The van der Waals surface area contributed by atoms with Crippen molar-refractivity contribution in [2.75, 3.05) is 5.75 Å². The van der Waals surface area contributed by atoms with Crippen LogP contribution in [0, 0.1) is 5.92 Å². The molecule has 1 fully saturated rings. The molecular formula is C13H15NO3S. The summed E-state index contributed by atoms with van der Waals surface area (Å²) in [5.74, 6) is -0.785. The van der Waals surface area contributed by atoms with Gasteiger partial charge in [-0.25, -0.2) is 4.79 Å². The highest BCUT2D eigenvalue weighted by atomic mass is 32.2. The highest BCUT2D eigenvalue weighted by Gasteiger charge is 2.37. The van der Waals surface area contributed by atoms with Gasteiger partial charge in [0, 0.05) is 4.90 Å². The number of aliphatic carboxylic acids is 1. The van der Waals surface area contributed by atoms with E-state index in [1.807, 2.05) is 30.3 Å². The van der Waals surface area contributed by atoms with Gasteiger partial charge in [0.25, 0.3) is 0 Å². The van der Waals surface area contributed by atoms with Gasteiger partial charge in [-0.05, 0) is 30.9 Å². The van der Waals surface area contributed by atoms with Crippen LogP contribution in [0.2, 0.25) is 0 Å². The van der Waals surface area contributed by atoms with Crippen molar-refractivity contribution in [1.29, 1.82) is 0 Å². The lowest BCUT2D eigenvalue weighted by molar-refractivity contribution is -0.142. The third-order valence-electron chi connectivity index (χ3n) is 2.79. The van der Waals surface area contributed by atoms with E-state index in [4.69, 9.17) is 5.11 Å². The standard InChI is InChI=1S/C13H15NO3S/c15-11(8-18-10-4-2-1-3-5-10)14-12(13(16)17)9-6-7-9/h1-5,9,12H,6-8H2,(H,14,15)(H,16,17). The van der Waals surface area contributed by atoms with Crippen LogP contribution in [0.1, 0.15) is 12.8 Å². The van der Waals surface area contributed by atoms with Gasteiger partial charge in [-0.2, -0.15) is 0 Å². The lowest BCUT2D eigenvalue weighted by Gasteiger charge is -2.13. The molecule has 4 nitrogen and oxygen atoms in total. The number of amides is 1. The van der Waals surface area contributed by atoms with Gasteiger partial charge >= 0.3 is 5.97 Å². The number of hydrogen-bond acceptors (Lipinski definition) is 3. The molecule has 0 aliphatic heterocycles. The second kappa shape index (κ2) is 5.91. The minimum Gasteiger partial charge on any atom is -0.480 e. The van der Waals surface area contributed by atoms with Gasteiger partial charge in [-0.1, -0.05) is 18.2 Å². The second-order valence-electron chi connectivity index (χ2n) is 4.32. The summed E-state index contributed by atoms with van der Waals surface area (Å²) in [7, 11) is 0. The first kappa shape index (κ1) is 13.0. The van der Waals surface area contributed by atoms with E-state index in [-0.39, 0.29) is 17.6 Å². The maximum Gasteiger partial charge on any atom is 0.326 e. The van der Waals surface area contributed by atoms with Gasteiger partial charge in [0.2, 0.25) is 5.91 Å². The van der Waals surface area contributed by atoms with Gasteiger partial charge < -0.3 is 10.4 Å². The molecular weight excluding hydrogens is 250 g/mol. The van der Waals surface area contributed by atoms with E-state index in [2.05, 4.69) is 5.32 Å². The molecule has 2 rings (SSSR count). The van der Waals surface area contributed by atoms with Crippen molar-refractivity contribution in [1.82, 2.24) is 5.32 Å². The zero-order chi connectivity index (χ0) is 13.0. The highest BCUT2D eigenvalue weighted by molar-refractivity contribution is 8.00. The molecule has 1 amide bonds. The van der Waals surface area contributed by atoms with Crippen LogP contribution in [-0.2, 0) is 9.59 Å². The van der Waals surface area contributed by atoms with Gasteiger partial charge in [0.15, 0.2) is 0 Å². The lowest BCUT2D eigenvalue weighted by Crippen LogP contribution is -2.43. The molecule has 1 aromatic rings. The maximum atomic E-state index is 11.7. The Hall–Kier alpha value is -1.49. The predicted octanol–water partition coefficient (Wildman–Crippen LogP) is 1.76. The molecule has 1 unspecified atom stereocenters. The number of carboxylic acids is 1. The second-order valence-corrected chi connectivity index (χ2v) is 5.37. The molecule has 0 radical (unpaired) electrons. The molecule has 0 aromatic heterocycles. The third-order valence-corrected chi connectivity index (χ3v) is 3.80. The Balaban J connectivity index is 1.79. The number of rotatable bonds is 6. The Morgan fingerprint density at radius 1 is 1.33 bits per heavy atom. The predicted molar refractivity (Wildman–Crippen MR) is 69.5 cm³/mol. The monoisotopic (exact) mass is 265 g/mol. The first-order valence-corrected chi connectivity index (χ1v) is 6.85. The summed E-state index contributed by atoms with van der Waals surface area (Å²) in [5.41, 5.74) is 0. The average molecular weight is 265 g/mol. The van der Waals surface area contributed by atoms with Crippen molar-refractivity contribution in [2.45, 2.75) is 23.8 Å². The fraction of sp³-hybridized carbons (Fsp3) is 0.385. The van der Waals surface area contributed by atoms with Crippen LogP contribution >= 0.6 is 11.8 Å². The average Bonchev–Trinajstić information content (AvgIpc) is 3.18. The first-order chi connectivity index (χ1) is 8.66. The Kier molecular flexibility index (Phi) is 4.25. The van der Waals surface area contributed by atoms with Crippen molar-refractivity contribution < 1.29 is 14.7 Å². The van der Waals surface area contributed by atoms with Crippen LogP contribution in [-0.4, -0.2) is 28.8 Å². The zero-order valence-corrected chi connectivity index (χ0v) is 10.7. The molecule has 0 heterocycles. The zero-order valence-electron chi connectivity index (χ0n) is 9.83.